The van der Waals surface area contributed by atoms with Gasteiger partial charge >= 0.3 is 0 Å². The van der Waals surface area contributed by atoms with E-state index >= 15 is 0 Å². The Kier molecular flexibility index (Phi) is 5.36. The van der Waals surface area contributed by atoms with Crippen molar-refractivity contribution in [1.82, 2.24) is 9.88 Å². The zero-order valence-electron chi connectivity index (χ0n) is 15.8. The van der Waals surface area contributed by atoms with Crippen LogP contribution in [0.25, 0.3) is 0 Å². The van der Waals surface area contributed by atoms with E-state index < -0.39 is 10.0 Å². The number of amides is 1. The van der Waals surface area contributed by atoms with Gasteiger partial charge in [0.1, 0.15) is 5.82 Å². The molecule has 1 aliphatic heterocycles. The third kappa shape index (κ3) is 4.39. The lowest BCUT2D eigenvalue weighted by Crippen LogP contribution is -2.48. The fourth-order valence-electron chi connectivity index (χ4n) is 3.19. The molecule has 1 aromatic heterocycles. The molecule has 1 aromatic carbocycles. The third-order valence-electron chi connectivity index (χ3n) is 4.67. The first-order chi connectivity index (χ1) is 12.8. The van der Waals surface area contributed by atoms with Crippen LogP contribution in [0.5, 0.6) is 0 Å². The number of hydrogen-bond donors (Lipinski definition) is 1. The zero-order chi connectivity index (χ0) is 19.6. The lowest BCUT2D eigenvalue weighted by atomic mass is 10.2. The molecule has 0 unspecified atom stereocenters. The Hall–Kier alpha value is -2.61. The molecular weight excluding hydrogens is 364 g/mol. The number of anilines is 2. The second-order valence-corrected chi connectivity index (χ2v) is 8.42. The summed E-state index contributed by atoms with van der Waals surface area (Å²) < 4.78 is 27.9. The Morgan fingerprint density at radius 1 is 1.07 bits per heavy atom. The third-order valence-corrected chi connectivity index (χ3v) is 6.21. The summed E-state index contributed by atoms with van der Waals surface area (Å²) in [7, 11) is -3.66. The van der Waals surface area contributed by atoms with Gasteiger partial charge in [0.2, 0.25) is 5.91 Å². The molecule has 1 aliphatic rings. The van der Waals surface area contributed by atoms with Gasteiger partial charge < -0.3 is 9.80 Å². The number of carbonyl (C=O) groups is 1. The maximum Gasteiger partial charge on any atom is 0.262 e. The van der Waals surface area contributed by atoms with Crippen LogP contribution in [0.3, 0.4) is 0 Å². The summed E-state index contributed by atoms with van der Waals surface area (Å²) in [5.41, 5.74) is 2.14. The highest BCUT2D eigenvalue weighted by Crippen LogP contribution is 2.22. The Morgan fingerprint density at radius 3 is 2.33 bits per heavy atom. The van der Waals surface area contributed by atoms with Crippen LogP contribution in [0.2, 0.25) is 0 Å². The molecule has 2 heterocycles. The summed E-state index contributed by atoms with van der Waals surface area (Å²) in [5.74, 6) is 0.853. The van der Waals surface area contributed by atoms with Gasteiger partial charge in [-0.15, -0.1) is 0 Å². The number of carbonyl (C=O) groups excluding carboxylic acids is 1. The molecule has 7 nitrogen and oxygen atoms in total. The van der Waals surface area contributed by atoms with E-state index in [-0.39, 0.29) is 10.8 Å². The average molecular weight is 388 g/mol. The van der Waals surface area contributed by atoms with Crippen LogP contribution in [0.15, 0.2) is 41.4 Å². The fraction of sp³-hybridized carbons (Fsp3) is 0.368. The van der Waals surface area contributed by atoms with Crippen LogP contribution in [0, 0.1) is 13.8 Å². The van der Waals surface area contributed by atoms with Gasteiger partial charge in [-0.2, -0.15) is 0 Å². The van der Waals surface area contributed by atoms with E-state index in [0.29, 0.717) is 37.4 Å². The molecule has 144 valence electrons. The van der Waals surface area contributed by atoms with Crippen molar-refractivity contribution < 1.29 is 13.2 Å². The van der Waals surface area contributed by atoms with E-state index in [4.69, 9.17) is 0 Å². The van der Waals surface area contributed by atoms with Crippen molar-refractivity contribution in [3.8, 4) is 0 Å². The highest BCUT2D eigenvalue weighted by molar-refractivity contribution is 7.92. The second-order valence-electron chi connectivity index (χ2n) is 6.77. The van der Waals surface area contributed by atoms with Crippen LogP contribution >= 0.6 is 0 Å². The number of aryl methyl sites for hydroxylation is 2. The van der Waals surface area contributed by atoms with Crippen LogP contribution in [0.1, 0.15) is 18.1 Å². The van der Waals surface area contributed by atoms with E-state index in [1.165, 1.54) is 6.20 Å². The number of nitrogens with zero attached hydrogens (tertiary/aromatic N) is 3. The maximum absolute atomic E-state index is 12.6. The molecule has 0 atom stereocenters. The monoisotopic (exact) mass is 388 g/mol. The van der Waals surface area contributed by atoms with Gasteiger partial charge in [-0.1, -0.05) is 17.7 Å². The number of piperazine rings is 1. The topological polar surface area (TPSA) is 82.6 Å². The lowest BCUT2D eigenvalue weighted by molar-refractivity contribution is -0.129. The number of nitrogens with one attached hydrogen (secondary N) is 1. The first kappa shape index (κ1) is 19.2. The van der Waals surface area contributed by atoms with Gasteiger partial charge in [0.05, 0.1) is 16.8 Å². The standard InChI is InChI=1S/C19H24N4O3S/c1-14-4-6-18(15(2)12-14)27(25,26)21-17-5-7-19(20-13-17)23-10-8-22(9-11-23)16(3)24/h4-7,12-13,21H,8-11H2,1-3H3. The molecule has 1 N–H and O–H groups in total. The molecule has 1 amide bonds. The van der Waals surface area contributed by atoms with Crippen molar-refractivity contribution in [2.45, 2.75) is 25.7 Å². The highest BCUT2D eigenvalue weighted by atomic mass is 32.2. The summed E-state index contributed by atoms with van der Waals surface area (Å²) in [6.07, 6.45) is 1.52. The normalized spacial score (nSPS) is 14.9. The van der Waals surface area contributed by atoms with Crippen molar-refractivity contribution in [2.24, 2.45) is 0 Å². The summed E-state index contributed by atoms with van der Waals surface area (Å²) in [4.78, 5) is 19.9. The van der Waals surface area contributed by atoms with Crippen molar-refractivity contribution in [1.29, 1.82) is 0 Å². The van der Waals surface area contributed by atoms with Crippen molar-refractivity contribution in [2.75, 3.05) is 35.8 Å². The van der Waals surface area contributed by atoms with Gasteiger partial charge in [0, 0.05) is 33.1 Å². The van der Waals surface area contributed by atoms with E-state index in [1.807, 2.05) is 17.9 Å². The number of aromatic nitrogens is 1. The quantitative estimate of drug-likeness (QED) is 0.868. The van der Waals surface area contributed by atoms with Gasteiger partial charge in [0.25, 0.3) is 10.0 Å². The van der Waals surface area contributed by atoms with Crippen LogP contribution in [-0.2, 0) is 14.8 Å². The molecule has 2 aromatic rings. The predicted molar refractivity (Wildman–Crippen MR) is 105 cm³/mol. The minimum Gasteiger partial charge on any atom is -0.353 e. The second kappa shape index (κ2) is 7.56. The molecule has 0 saturated carbocycles. The first-order valence-corrected chi connectivity index (χ1v) is 10.3. The number of rotatable bonds is 4. The number of benzene rings is 1. The van der Waals surface area contributed by atoms with E-state index in [9.17, 15) is 13.2 Å². The van der Waals surface area contributed by atoms with Crippen LogP contribution in [-0.4, -0.2) is 50.4 Å². The molecule has 8 heteroatoms. The van der Waals surface area contributed by atoms with Gasteiger partial charge in [0.15, 0.2) is 0 Å². The van der Waals surface area contributed by atoms with E-state index in [2.05, 4.69) is 14.6 Å². The SMILES string of the molecule is CC(=O)N1CCN(c2ccc(NS(=O)(=O)c3ccc(C)cc3C)cn2)CC1. The van der Waals surface area contributed by atoms with E-state index in [0.717, 1.165) is 11.4 Å². The van der Waals surface area contributed by atoms with Gasteiger partial charge in [-0.25, -0.2) is 13.4 Å². The maximum atomic E-state index is 12.6. The number of sulfonamides is 1. The summed E-state index contributed by atoms with van der Waals surface area (Å²) in [6.45, 7) is 8.03. The molecule has 27 heavy (non-hydrogen) atoms. The predicted octanol–water partition coefficient (Wildman–Crippen LogP) is 2.17. The fourth-order valence-corrected chi connectivity index (χ4v) is 4.47. The van der Waals surface area contributed by atoms with E-state index in [1.54, 1.807) is 38.1 Å². The molecule has 1 saturated heterocycles. The minimum absolute atomic E-state index is 0.0822. The first-order valence-electron chi connectivity index (χ1n) is 8.83. The highest BCUT2D eigenvalue weighted by Gasteiger charge is 2.20. The average Bonchev–Trinajstić information content (AvgIpc) is 2.62. The Morgan fingerprint density at radius 2 is 1.78 bits per heavy atom. The van der Waals surface area contributed by atoms with Crippen molar-refractivity contribution >= 4 is 27.4 Å². The van der Waals surface area contributed by atoms with Crippen molar-refractivity contribution in [3.63, 3.8) is 0 Å². The Labute approximate surface area is 160 Å². The molecule has 0 aliphatic carbocycles. The molecule has 0 spiro atoms. The smallest absolute Gasteiger partial charge is 0.262 e. The van der Waals surface area contributed by atoms with Crippen LogP contribution in [0.4, 0.5) is 11.5 Å². The molecular formula is C19H24N4O3S. The molecule has 0 bridgehead atoms. The minimum atomic E-state index is -3.66. The Bertz CT molecular complexity index is 934. The zero-order valence-corrected chi connectivity index (χ0v) is 16.6. The molecule has 1 fully saturated rings. The van der Waals surface area contributed by atoms with Gasteiger partial charge in [-0.05, 0) is 37.6 Å². The van der Waals surface area contributed by atoms with Crippen LogP contribution < -0.4 is 9.62 Å². The molecule has 3 rings (SSSR count). The number of hydrogen-bond acceptors (Lipinski definition) is 5. The molecule has 0 radical (unpaired) electrons. The number of pyridine rings is 1. The summed E-state index contributed by atoms with van der Waals surface area (Å²) in [6, 6.07) is 8.74. The van der Waals surface area contributed by atoms with Crippen molar-refractivity contribution in [3.05, 3.63) is 47.7 Å². The Balaban J connectivity index is 1.70. The largest absolute Gasteiger partial charge is 0.353 e. The summed E-state index contributed by atoms with van der Waals surface area (Å²) >= 11 is 0. The van der Waals surface area contributed by atoms with Gasteiger partial charge in [-0.3, -0.25) is 9.52 Å². The lowest BCUT2D eigenvalue weighted by Gasteiger charge is -2.34. The summed E-state index contributed by atoms with van der Waals surface area (Å²) in [5, 5.41) is 0.